The number of hydrazone groups is 1. The quantitative estimate of drug-likeness (QED) is 0.655. The van der Waals surface area contributed by atoms with Gasteiger partial charge in [0.1, 0.15) is 5.75 Å². The molecule has 2 aromatic carbocycles. The highest BCUT2D eigenvalue weighted by Crippen LogP contribution is 2.22. The van der Waals surface area contributed by atoms with Crippen molar-refractivity contribution in [2.45, 2.75) is 13.8 Å². The number of amides is 3. The molecular formula is C21H19N3O4. The van der Waals surface area contributed by atoms with Gasteiger partial charge in [-0.3, -0.25) is 14.4 Å². The average Bonchev–Trinajstić information content (AvgIpc) is 2.96. The number of anilines is 1. The summed E-state index contributed by atoms with van der Waals surface area (Å²) in [5, 5.41) is 7.60. The van der Waals surface area contributed by atoms with E-state index < -0.39 is 11.8 Å². The number of ether oxygens (including phenoxy) is 1. The first-order valence-corrected chi connectivity index (χ1v) is 8.57. The van der Waals surface area contributed by atoms with Gasteiger partial charge >= 0.3 is 0 Å². The van der Waals surface area contributed by atoms with E-state index in [1.165, 1.54) is 19.1 Å². The summed E-state index contributed by atoms with van der Waals surface area (Å²) < 4.78 is 5.12. The van der Waals surface area contributed by atoms with Crippen LogP contribution >= 0.6 is 0 Å². The maximum atomic E-state index is 12.7. The van der Waals surface area contributed by atoms with Crippen molar-refractivity contribution >= 4 is 35.2 Å². The molecule has 3 rings (SSSR count). The molecule has 1 N–H and O–H groups in total. The lowest BCUT2D eigenvalue weighted by molar-refractivity contribution is -0.123. The monoisotopic (exact) mass is 377 g/mol. The Labute approximate surface area is 162 Å². The van der Waals surface area contributed by atoms with Crippen molar-refractivity contribution in [3.63, 3.8) is 0 Å². The van der Waals surface area contributed by atoms with E-state index in [1.54, 1.807) is 44.4 Å². The molecule has 1 aliphatic rings. The third kappa shape index (κ3) is 3.98. The Kier molecular flexibility index (Phi) is 5.35. The molecular weight excluding hydrogens is 358 g/mol. The molecule has 2 aromatic rings. The summed E-state index contributed by atoms with van der Waals surface area (Å²) in [7, 11) is 1.58. The molecule has 28 heavy (non-hydrogen) atoms. The van der Waals surface area contributed by atoms with E-state index in [-0.39, 0.29) is 5.91 Å². The van der Waals surface area contributed by atoms with Gasteiger partial charge in [0, 0.05) is 18.2 Å². The Morgan fingerprint density at radius 2 is 1.71 bits per heavy atom. The van der Waals surface area contributed by atoms with Gasteiger partial charge in [0.25, 0.3) is 11.8 Å². The Hall–Kier alpha value is -3.74. The molecule has 0 aliphatic carbocycles. The van der Waals surface area contributed by atoms with E-state index in [0.29, 0.717) is 28.3 Å². The molecule has 1 aliphatic heterocycles. The van der Waals surface area contributed by atoms with Crippen molar-refractivity contribution in [1.29, 1.82) is 0 Å². The molecule has 7 heteroatoms. The maximum absolute atomic E-state index is 12.7. The standard InChI is InChI=1S/C21H19N3O4/c1-13-19(12-15-4-10-18(28-3)11-5-15)21(27)24(23-13)20(26)16-6-8-17(9-7-16)22-14(2)25/h4-12H,1-3H3,(H,22,25)/b19-12+. The summed E-state index contributed by atoms with van der Waals surface area (Å²) >= 11 is 0. The number of imide groups is 1. The Morgan fingerprint density at radius 1 is 1.07 bits per heavy atom. The topological polar surface area (TPSA) is 88.1 Å². The second kappa shape index (κ2) is 7.87. The lowest BCUT2D eigenvalue weighted by Gasteiger charge is -2.10. The number of rotatable bonds is 4. The lowest BCUT2D eigenvalue weighted by Crippen LogP contribution is -2.29. The number of nitrogens with one attached hydrogen (secondary N) is 1. The van der Waals surface area contributed by atoms with Crippen LogP contribution in [0.4, 0.5) is 5.69 Å². The van der Waals surface area contributed by atoms with Crippen molar-refractivity contribution in [1.82, 2.24) is 5.01 Å². The molecule has 0 aromatic heterocycles. The molecule has 0 unspecified atom stereocenters. The van der Waals surface area contributed by atoms with Gasteiger partial charge in [-0.25, -0.2) is 0 Å². The Morgan fingerprint density at radius 3 is 2.29 bits per heavy atom. The van der Waals surface area contributed by atoms with Crippen LogP contribution in [0.3, 0.4) is 0 Å². The van der Waals surface area contributed by atoms with Crippen molar-refractivity contribution in [3.8, 4) is 5.75 Å². The van der Waals surface area contributed by atoms with E-state index in [0.717, 1.165) is 10.6 Å². The number of benzene rings is 2. The summed E-state index contributed by atoms with van der Waals surface area (Å²) in [4.78, 5) is 36.5. The normalized spacial score (nSPS) is 14.8. The summed E-state index contributed by atoms with van der Waals surface area (Å²) in [5.74, 6) is -0.506. The van der Waals surface area contributed by atoms with E-state index in [1.807, 2.05) is 12.1 Å². The minimum atomic E-state index is -0.531. The molecule has 142 valence electrons. The molecule has 7 nitrogen and oxygen atoms in total. The maximum Gasteiger partial charge on any atom is 0.283 e. The van der Waals surface area contributed by atoms with E-state index in [9.17, 15) is 14.4 Å². The first kappa shape index (κ1) is 19.0. The van der Waals surface area contributed by atoms with Gasteiger partial charge in [-0.15, -0.1) is 0 Å². The van der Waals surface area contributed by atoms with Crippen molar-refractivity contribution in [3.05, 3.63) is 65.2 Å². The number of methoxy groups -OCH3 is 1. The highest BCUT2D eigenvalue weighted by molar-refractivity contribution is 6.30. The summed E-state index contributed by atoms with van der Waals surface area (Å²) in [6.07, 6.45) is 1.69. The highest BCUT2D eigenvalue weighted by Gasteiger charge is 2.32. The van der Waals surface area contributed by atoms with Gasteiger partial charge in [-0.2, -0.15) is 10.1 Å². The van der Waals surface area contributed by atoms with E-state index in [2.05, 4.69) is 10.4 Å². The fourth-order valence-electron chi connectivity index (χ4n) is 2.71. The predicted octanol–water partition coefficient (Wildman–Crippen LogP) is 3.10. The third-order valence-corrected chi connectivity index (χ3v) is 4.13. The van der Waals surface area contributed by atoms with Crippen LogP contribution in [0.1, 0.15) is 29.8 Å². The Balaban J connectivity index is 1.80. The van der Waals surface area contributed by atoms with Crippen LogP contribution in [0.5, 0.6) is 5.75 Å². The summed E-state index contributed by atoms with van der Waals surface area (Å²) in [6, 6.07) is 13.5. The van der Waals surface area contributed by atoms with Gasteiger partial charge in [-0.1, -0.05) is 12.1 Å². The van der Waals surface area contributed by atoms with Crippen LogP contribution in [0.25, 0.3) is 6.08 Å². The highest BCUT2D eigenvalue weighted by atomic mass is 16.5. The number of carbonyl (C=O) groups is 3. The predicted molar refractivity (Wildman–Crippen MR) is 106 cm³/mol. The second-order valence-corrected chi connectivity index (χ2v) is 6.20. The second-order valence-electron chi connectivity index (χ2n) is 6.20. The number of hydrogen-bond donors (Lipinski definition) is 1. The van der Waals surface area contributed by atoms with Crippen molar-refractivity contribution in [2.75, 3.05) is 12.4 Å². The number of hydrogen-bond acceptors (Lipinski definition) is 5. The molecule has 3 amide bonds. The van der Waals surface area contributed by atoms with Crippen LogP contribution in [0.2, 0.25) is 0 Å². The third-order valence-electron chi connectivity index (χ3n) is 4.13. The first-order valence-electron chi connectivity index (χ1n) is 8.57. The number of nitrogens with zero attached hydrogens (tertiary/aromatic N) is 2. The largest absolute Gasteiger partial charge is 0.497 e. The minimum absolute atomic E-state index is 0.206. The summed E-state index contributed by atoms with van der Waals surface area (Å²) in [6.45, 7) is 3.08. The van der Waals surface area contributed by atoms with Crippen LogP contribution in [-0.4, -0.2) is 35.6 Å². The van der Waals surface area contributed by atoms with Gasteiger partial charge in [-0.05, 0) is 55.0 Å². The molecule has 0 saturated carbocycles. The zero-order chi connectivity index (χ0) is 20.3. The minimum Gasteiger partial charge on any atom is -0.497 e. The van der Waals surface area contributed by atoms with Gasteiger partial charge < -0.3 is 10.1 Å². The molecule has 0 radical (unpaired) electrons. The summed E-state index contributed by atoms with van der Waals surface area (Å²) in [5.41, 5.74) is 2.48. The zero-order valence-corrected chi connectivity index (χ0v) is 15.7. The van der Waals surface area contributed by atoms with Crippen molar-refractivity contribution in [2.24, 2.45) is 5.10 Å². The van der Waals surface area contributed by atoms with Gasteiger partial charge in [0.15, 0.2) is 0 Å². The molecule has 0 atom stereocenters. The van der Waals surface area contributed by atoms with E-state index >= 15 is 0 Å². The van der Waals surface area contributed by atoms with Crippen LogP contribution in [0.15, 0.2) is 59.2 Å². The average molecular weight is 377 g/mol. The Bertz CT molecular complexity index is 989. The smallest absolute Gasteiger partial charge is 0.283 e. The first-order chi connectivity index (χ1) is 13.4. The van der Waals surface area contributed by atoms with Gasteiger partial charge in [0.05, 0.1) is 18.4 Å². The van der Waals surface area contributed by atoms with Gasteiger partial charge in [0.2, 0.25) is 5.91 Å². The van der Waals surface area contributed by atoms with E-state index in [4.69, 9.17) is 4.74 Å². The number of carbonyl (C=O) groups excluding carboxylic acids is 3. The molecule has 0 bridgehead atoms. The fraction of sp³-hybridized carbons (Fsp3) is 0.143. The van der Waals surface area contributed by atoms with Crippen LogP contribution in [-0.2, 0) is 9.59 Å². The molecule has 1 heterocycles. The fourth-order valence-corrected chi connectivity index (χ4v) is 2.71. The van der Waals surface area contributed by atoms with Crippen molar-refractivity contribution < 1.29 is 19.1 Å². The molecule has 0 spiro atoms. The molecule has 0 fully saturated rings. The van der Waals surface area contributed by atoms with Crippen LogP contribution < -0.4 is 10.1 Å². The van der Waals surface area contributed by atoms with Crippen LogP contribution in [0, 0.1) is 0 Å². The lowest BCUT2D eigenvalue weighted by atomic mass is 10.1. The molecule has 0 saturated heterocycles. The SMILES string of the molecule is COc1ccc(/C=C2/C(=O)N(C(=O)c3ccc(NC(C)=O)cc3)N=C2C)cc1. The zero-order valence-electron chi connectivity index (χ0n) is 15.7.